The van der Waals surface area contributed by atoms with Crippen molar-refractivity contribution in [3.63, 3.8) is 0 Å². The standard InChI is InChI=1S/C19H19N5O4/c1-11(20)18(25)22-17-19(26)23(2)15-9-8-13(24(27)28)10-14(15)16(21-17)12-6-4-3-5-7-12/h3-11,17H,20H2,1-2H3,(H,22,25)/t11-,17?/m0/s1. The normalized spacial score (nSPS) is 17.2. The Morgan fingerprint density at radius 2 is 1.96 bits per heavy atom. The zero-order valence-corrected chi connectivity index (χ0v) is 15.3. The number of rotatable bonds is 4. The van der Waals surface area contributed by atoms with E-state index in [0.717, 1.165) is 0 Å². The van der Waals surface area contributed by atoms with Gasteiger partial charge in [-0.05, 0) is 13.0 Å². The molecule has 3 N–H and O–H groups in total. The minimum absolute atomic E-state index is 0.124. The summed E-state index contributed by atoms with van der Waals surface area (Å²) in [6, 6.07) is 12.3. The molecule has 1 aliphatic rings. The van der Waals surface area contributed by atoms with Crippen LogP contribution in [-0.2, 0) is 9.59 Å². The van der Waals surface area contributed by atoms with E-state index >= 15 is 0 Å². The zero-order valence-electron chi connectivity index (χ0n) is 15.3. The number of carbonyl (C=O) groups is 2. The zero-order chi connectivity index (χ0) is 20.4. The van der Waals surface area contributed by atoms with Crippen molar-refractivity contribution in [3.05, 3.63) is 69.8 Å². The predicted molar refractivity (Wildman–Crippen MR) is 104 cm³/mol. The van der Waals surface area contributed by atoms with Gasteiger partial charge < -0.3 is 16.0 Å². The minimum Gasteiger partial charge on any atom is -0.325 e. The third-order valence-electron chi connectivity index (χ3n) is 4.37. The van der Waals surface area contributed by atoms with Gasteiger partial charge in [-0.2, -0.15) is 0 Å². The van der Waals surface area contributed by atoms with Gasteiger partial charge in [0.15, 0.2) is 0 Å². The monoisotopic (exact) mass is 381 g/mol. The van der Waals surface area contributed by atoms with Crippen LogP contribution >= 0.6 is 0 Å². The highest BCUT2D eigenvalue weighted by atomic mass is 16.6. The Balaban J connectivity index is 2.21. The molecule has 0 saturated heterocycles. The molecule has 2 aromatic rings. The number of hydrogen-bond acceptors (Lipinski definition) is 6. The van der Waals surface area contributed by atoms with E-state index < -0.39 is 28.9 Å². The fourth-order valence-electron chi connectivity index (χ4n) is 2.86. The molecule has 2 amide bonds. The molecule has 0 radical (unpaired) electrons. The lowest BCUT2D eigenvalue weighted by atomic mass is 9.99. The minimum atomic E-state index is -1.20. The Kier molecular flexibility index (Phi) is 5.18. The van der Waals surface area contributed by atoms with Gasteiger partial charge in [-0.3, -0.25) is 19.7 Å². The summed E-state index contributed by atoms with van der Waals surface area (Å²) in [6.07, 6.45) is -1.20. The number of carbonyl (C=O) groups excluding carboxylic acids is 2. The molecule has 0 fully saturated rings. The molecule has 0 aliphatic carbocycles. The van der Waals surface area contributed by atoms with Crippen LogP contribution in [0.2, 0.25) is 0 Å². The molecule has 9 heteroatoms. The van der Waals surface area contributed by atoms with Gasteiger partial charge in [0.1, 0.15) is 0 Å². The van der Waals surface area contributed by atoms with E-state index in [4.69, 9.17) is 5.73 Å². The molecule has 0 saturated carbocycles. The second-order valence-electron chi connectivity index (χ2n) is 6.40. The molecule has 2 atom stereocenters. The molecule has 0 spiro atoms. The Morgan fingerprint density at radius 3 is 2.57 bits per heavy atom. The van der Waals surface area contributed by atoms with Gasteiger partial charge in [-0.25, -0.2) is 4.99 Å². The molecule has 0 aromatic heterocycles. The number of fused-ring (bicyclic) bond motifs is 1. The first-order chi connectivity index (χ1) is 13.3. The second kappa shape index (κ2) is 7.57. The van der Waals surface area contributed by atoms with Crippen molar-refractivity contribution in [2.24, 2.45) is 10.7 Å². The fraction of sp³-hybridized carbons (Fsp3) is 0.211. The number of nitro groups is 1. The fourth-order valence-corrected chi connectivity index (χ4v) is 2.86. The number of likely N-dealkylation sites (N-methyl/N-ethyl adjacent to an activating group) is 1. The molecule has 1 unspecified atom stereocenters. The van der Waals surface area contributed by atoms with E-state index in [1.165, 1.54) is 37.1 Å². The van der Waals surface area contributed by atoms with E-state index in [2.05, 4.69) is 10.3 Å². The lowest BCUT2D eigenvalue weighted by molar-refractivity contribution is -0.384. The van der Waals surface area contributed by atoms with Crippen molar-refractivity contribution in [1.82, 2.24) is 5.32 Å². The van der Waals surface area contributed by atoms with Gasteiger partial charge in [-0.15, -0.1) is 0 Å². The Labute approximate surface area is 161 Å². The number of benzene rings is 2. The number of hydrogen-bond donors (Lipinski definition) is 2. The van der Waals surface area contributed by atoms with Crippen LogP contribution in [0.25, 0.3) is 0 Å². The summed E-state index contributed by atoms with van der Waals surface area (Å²) >= 11 is 0. The third-order valence-corrected chi connectivity index (χ3v) is 4.37. The van der Waals surface area contributed by atoms with Crippen molar-refractivity contribution in [2.75, 3.05) is 11.9 Å². The van der Waals surface area contributed by atoms with Crippen LogP contribution in [0.1, 0.15) is 18.1 Å². The third kappa shape index (κ3) is 3.60. The molecule has 28 heavy (non-hydrogen) atoms. The van der Waals surface area contributed by atoms with Gasteiger partial charge in [0.2, 0.25) is 12.1 Å². The molecular weight excluding hydrogens is 362 g/mol. The lowest BCUT2D eigenvalue weighted by Gasteiger charge is -2.21. The van der Waals surface area contributed by atoms with Crippen molar-refractivity contribution >= 4 is 28.9 Å². The molecule has 1 heterocycles. The summed E-state index contributed by atoms with van der Waals surface area (Å²) in [5.41, 5.74) is 7.38. The van der Waals surface area contributed by atoms with Gasteiger partial charge in [-0.1, -0.05) is 30.3 Å². The average molecular weight is 381 g/mol. The number of nitrogens with two attached hydrogens (primary N) is 1. The van der Waals surface area contributed by atoms with Crippen LogP contribution < -0.4 is 16.0 Å². The predicted octanol–water partition coefficient (Wildman–Crippen LogP) is 1.20. The summed E-state index contributed by atoms with van der Waals surface area (Å²) in [5, 5.41) is 13.8. The van der Waals surface area contributed by atoms with E-state index in [1.54, 1.807) is 24.3 Å². The van der Waals surface area contributed by atoms with Crippen molar-refractivity contribution in [3.8, 4) is 0 Å². The molecule has 9 nitrogen and oxygen atoms in total. The van der Waals surface area contributed by atoms with E-state index in [9.17, 15) is 19.7 Å². The first-order valence-electron chi connectivity index (χ1n) is 8.55. The number of benzodiazepines with no additional fused rings is 1. The maximum absolute atomic E-state index is 12.9. The largest absolute Gasteiger partial charge is 0.325 e. The number of non-ortho nitro benzene ring substituents is 1. The maximum atomic E-state index is 12.9. The van der Waals surface area contributed by atoms with Crippen LogP contribution in [0.15, 0.2) is 53.5 Å². The summed E-state index contributed by atoms with van der Waals surface area (Å²) in [4.78, 5) is 41.5. The van der Waals surface area contributed by atoms with Crippen molar-refractivity contribution in [2.45, 2.75) is 19.1 Å². The first kappa shape index (κ1) is 19.2. The van der Waals surface area contributed by atoms with Crippen LogP contribution in [0, 0.1) is 10.1 Å². The average Bonchev–Trinajstić information content (AvgIpc) is 2.78. The summed E-state index contributed by atoms with van der Waals surface area (Å²) in [6.45, 7) is 1.50. The molecule has 1 aliphatic heterocycles. The number of nitro benzene ring substituents is 1. The highest BCUT2D eigenvalue weighted by Crippen LogP contribution is 2.30. The highest BCUT2D eigenvalue weighted by Gasteiger charge is 2.32. The smallest absolute Gasteiger partial charge is 0.272 e. The number of nitrogens with one attached hydrogen (secondary N) is 1. The summed E-state index contributed by atoms with van der Waals surface area (Å²) in [5.74, 6) is -1.00. The van der Waals surface area contributed by atoms with Crippen molar-refractivity contribution < 1.29 is 14.5 Å². The van der Waals surface area contributed by atoms with Crippen LogP contribution in [0.4, 0.5) is 11.4 Å². The summed E-state index contributed by atoms with van der Waals surface area (Å²) in [7, 11) is 1.53. The number of amides is 2. The van der Waals surface area contributed by atoms with E-state index in [1.807, 2.05) is 6.07 Å². The molecule has 0 bridgehead atoms. The van der Waals surface area contributed by atoms with Crippen LogP contribution in [-0.4, -0.2) is 41.7 Å². The van der Waals surface area contributed by atoms with Gasteiger partial charge in [0.05, 0.1) is 22.4 Å². The molecular formula is C19H19N5O4. The Hall–Kier alpha value is -3.59. The Morgan fingerprint density at radius 1 is 1.29 bits per heavy atom. The number of anilines is 1. The SMILES string of the molecule is C[C@H](N)C(=O)NC1N=C(c2ccccc2)c2cc([N+](=O)[O-])ccc2N(C)C1=O. The van der Waals surface area contributed by atoms with Crippen LogP contribution in [0.3, 0.4) is 0 Å². The number of aliphatic imine (C=N–C) groups is 1. The first-order valence-corrected chi connectivity index (χ1v) is 8.55. The molecule has 3 rings (SSSR count). The van der Waals surface area contributed by atoms with Gasteiger partial charge >= 0.3 is 0 Å². The van der Waals surface area contributed by atoms with Crippen LogP contribution in [0.5, 0.6) is 0 Å². The number of nitrogens with zero attached hydrogens (tertiary/aromatic N) is 3. The lowest BCUT2D eigenvalue weighted by Crippen LogP contribution is -2.50. The second-order valence-corrected chi connectivity index (χ2v) is 6.40. The van der Waals surface area contributed by atoms with Gasteiger partial charge in [0, 0.05) is 30.3 Å². The molecule has 144 valence electrons. The molecule has 2 aromatic carbocycles. The highest BCUT2D eigenvalue weighted by molar-refractivity contribution is 6.20. The van der Waals surface area contributed by atoms with E-state index in [0.29, 0.717) is 22.5 Å². The summed E-state index contributed by atoms with van der Waals surface area (Å²) < 4.78 is 0. The maximum Gasteiger partial charge on any atom is 0.272 e. The van der Waals surface area contributed by atoms with E-state index in [-0.39, 0.29) is 5.69 Å². The van der Waals surface area contributed by atoms with Crippen molar-refractivity contribution in [1.29, 1.82) is 0 Å². The Bertz CT molecular complexity index is 972. The quantitative estimate of drug-likeness (QED) is 0.607. The topological polar surface area (TPSA) is 131 Å². The van der Waals surface area contributed by atoms with Gasteiger partial charge in [0.25, 0.3) is 11.6 Å².